The Hall–Kier alpha value is -3.11. The van der Waals surface area contributed by atoms with Crippen molar-refractivity contribution < 1.29 is 17.9 Å². The summed E-state index contributed by atoms with van der Waals surface area (Å²) in [6.45, 7) is 3.53. The zero-order valence-corrected chi connectivity index (χ0v) is 22.2. The second kappa shape index (κ2) is 11.1. The van der Waals surface area contributed by atoms with E-state index in [2.05, 4.69) is 0 Å². The van der Waals surface area contributed by atoms with Crippen LogP contribution in [-0.2, 0) is 21.3 Å². The number of benzene rings is 3. The van der Waals surface area contributed by atoms with E-state index in [4.69, 9.17) is 9.72 Å². The summed E-state index contributed by atoms with van der Waals surface area (Å²) in [5, 5.41) is 0.610. The van der Waals surface area contributed by atoms with Gasteiger partial charge < -0.3 is 4.74 Å². The number of fused-ring (bicyclic) bond motifs is 1. The number of ether oxygens (including phenoxy) is 1. The molecule has 0 N–H and O–H groups in total. The van der Waals surface area contributed by atoms with Crippen LogP contribution >= 0.6 is 11.3 Å². The molecule has 192 valence electrons. The first-order chi connectivity index (χ1) is 18.0. The Morgan fingerprint density at radius 2 is 1.76 bits per heavy atom. The Bertz CT molecular complexity index is 1430. The molecular formula is C28H29N3O4S2. The molecule has 1 aliphatic heterocycles. The topological polar surface area (TPSA) is 79.8 Å². The van der Waals surface area contributed by atoms with E-state index in [0.717, 1.165) is 28.6 Å². The van der Waals surface area contributed by atoms with E-state index in [-0.39, 0.29) is 23.5 Å². The smallest absolute Gasteiger partial charge is 0.260 e. The van der Waals surface area contributed by atoms with Crippen molar-refractivity contribution in [2.24, 2.45) is 0 Å². The van der Waals surface area contributed by atoms with Gasteiger partial charge in [-0.1, -0.05) is 60.7 Å². The highest BCUT2D eigenvalue weighted by molar-refractivity contribution is 7.89. The van der Waals surface area contributed by atoms with Crippen LogP contribution in [0.3, 0.4) is 0 Å². The molecule has 1 aliphatic rings. The highest BCUT2D eigenvalue weighted by Gasteiger charge is 2.28. The number of carbonyl (C=O) groups excluding carboxylic acids is 1. The standard InChI is InChI=1S/C28H29N3O4S2/c1-2-30(19-21-9-4-3-5-10-21)37(33,34)24-16-14-22(15-17-24)27(32)31(20-23-11-8-18-35-23)28-29-25-12-6-7-13-26(25)36-28/h3-7,9-10,12-17,23H,2,8,11,18-20H2,1H3. The van der Waals surface area contributed by atoms with E-state index in [9.17, 15) is 13.2 Å². The van der Waals surface area contributed by atoms with Gasteiger partial charge in [0.05, 0.1) is 27.8 Å². The molecule has 0 aliphatic carbocycles. The number of carbonyl (C=O) groups is 1. The summed E-state index contributed by atoms with van der Waals surface area (Å²) in [6, 6.07) is 23.5. The minimum Gasteiger partial charge on any atom is -0.376 e. The fourth-order valence-electron chi connectivity index (χ4n) is 4.44. The van der Waals surface area contributed by atoms with Crippen molar-refractivity contribution in [3.8, 4) is 0 Å². The summed E-state index contributed by atoms with van der Waals surface area (Å²) >= 11 is 1.46. The molecule has 0 radical (unpaired) electrons. The summed E-state index contributed by atoms with van der Waals surface area (Å²) in [7, 11) is -3.72. The molecule has 0 bridgehead atoms. The lowest BCUT2D eigenvalue weighted by Gasteiger charge is -2.23. The van der Waals surface area contributed by atoms with E-state index in [0.29, 0.717) is 30.4 Å². The normalized spacial score (nSPS) is 15.9. The van der Waals surface area contributed by atoms with Gasteiger partial charge >= 0.3 is 0 Å². The Kier molecular flexibility index (Phi) is 7.66. The van der Waals surface area contributed by atoms with Crippen molar-refractivity contribution in [3.63, 3.8) is 0 Å². The molecule has 3 aromatic carbocycles. The summed E-state index contributed by atoms with van der Waals surface area (Å²) in [4.78, 5) is 20.2. The van der Waals surface area contributed by atoms with Crippen LogP contribution in [0.4, 0.5) is 5.13 Å². The van der Waals surface area contributed by atoms with E-state index in [1.54, 1.807) is 17.0 Å². The number of nitrogens with zero attached hydrogens (tertiary/aromatic N) is 3. The Morgan fingerprint density at radius 3 is 2.43 bits per heavy atom. The van der Waals surface area contributed by atoms with Gasteiger partial charge in [0, 0.05) is 25.3 Å². The molecule has 0 saturated carbocycles. The molecule has 1 fully saturated rings. The minimum atomic E-state index is -3.72. The van der Waals surface area contributed by atoms with Crippen molar-refractivity contribution in [2.45, 2.75) is 37.3 Å². The number of hydrogen-bond acceptors (Lipinski definition) is 6. The maximum atomic E-state index is 13.7. The molecule has 1 aromatic heterocycles. The van der Waals surface area contributed by atoms with Gasteiger partial charge in [0.2, 0.25) is 10.0 Å². The number of rotatable bonds is 9. The fraction of sp³-hybridized carbons (Fsp3) is 0.286. The van der Waals surface area contributed by atoms with Gasteiger partial charge in [-0.05, 0) is 54.8 Å². The lowest BCUT2D eigenvalue weighted by atomic mass is 10.2. The Balaban J connectivity index is 1.40. The SMILES string of the molecule is CCN(Cc1ccccc1)S(=O)(=O)c1ccc(C(=O)N(CC2CCCO2)c2nc3ccccc3s2)cc1. The van der Waals surface area contributed by atoms with Gasteiger partial charge in [-0.2, -0.15) is 4.31 Å². The number of aromatic nitrogens is 1. The molecule has 1 saturated heterocycles. The second-order valence-electron chi connectivity index (χ2n) is 8.96. The van der Waals surface area contributed by atoms with Crippen LogP contribution in [0.5, 0.6) is 0 Å². The highest BCUT2D eigenvalue weighted by atomic mass is 32.2. The molecule has 9 heteroatoms. The average molecular weight is 536 g/mol. The van der Waals surface area contributed by atoms with Gasteiger partial charge in [-0.15, -0.1) is 0 Å². The van der Waals surface area contributed by atoms with Gasteiger partial charge in [0.1, 0.15) is 0 Å². The largest absolute Gasteiger partial charge is 0.376 e. The number of hydrogen-bond donors (Lipinski definition) is 0. The highest BCUT2D eigenvalue weighted by Crippen LogP contribution is 2.31. The van der Waals surface area contributed by atoms with Crippen LogP contribution in [0.25, 0.3) is 10.2 Å². The first-order valence-electron chi connectivity index (χ1n) is 12.4. The van der Waals surface area contributed by atoms with E-state index >= 15 is 0 Å². The Labute approximate surface area is 221 Å². The predicted molar refractivity (Wildman–Crippen MR) is 146 cm³/mol. The molecule has 1 amide bonds. The zero-order valence-electron chi connectivity index (χ0n) is 20.6. The van der Waals surface area contributed by atoms with Gasteiger partial charge in [-0.3, -0.25) is 9.69 Å². The lowest BCUT2D eigenvalue weighted by Crippen LogP contribution is -2.37. The van der Waals surface area contributed by atoms with E-state index in [1.807, 2.05) is 61.5 Å². The molecule has 4 aromatic rings. The van der Waals surface area contributed by atoms with Crippen LogP contribution in [0.1, 0.15) is 35.7 Å². The molecule has 7 nitrogen and oxygen atoms in total. The van der Waals surface area contributed by atoms with Crippen molar-refractivity contribution in [2.75, 3.05) is 24.6 Å². The number of thiazole rings is 1. The van der Waals surface area contributed by atoms with Crippen LogP contribution in [0, 0.1) is 0 Å². The number of anilines is 1. The first-order valence-corrected chi connectivity index (χ1v) is 14.6. The van der Waals surface area contributed by atoms with Crippen LogP contribution in [-0.4, -0.2) is 49.4 Å². The third kappa shape index (κ3) is 5.60. The third-order valence-electron chi connectivity index (χ3n) is 6.46. The number of sulfonamides is 1. The predicted octanol–water partition coefficient (Wildman–Crippen LogP) is 5.33. The van der Waals surface area contributed by atoms with Crippen molar-refractivity contribution >= 4 is 42.6 Å². The zero-order chi connectivity index (χ0) is 25.8. The first kappa shape index (κ1) is 25.5. The third-order valence-corrected chi connectivity index (χ3v) is 9.46. The average Bonchev–Trinajstić information content (AvgIpc) is 3.60. The maximum absolute atomic E-state index is 13.7. The minimum absolute atomic E-state index is 0.0493. The summed E-state index contributed by atoms with van der Waals surface area (Å²) < 4.78 is 34.9. The lowest BCUT2D eigenvalue weighted by molar-refractivity contribution is 0.0917. The van der Waals surface area contributed by atoms with Crippen molar-refractivity contribution in [1.82, 2.24) is 9.29 Å². The van der Waals surface area contributed by atoms with Crippen molar-refractivity contribution in [3.05, 3.63) is 90.0 Å². The molecule has 5 rings (SSSR count). The molecule has 1 unspecified atom stereocenters. The Morgan fingerprint density at radius 1 is 1.03 bits per heavy atom. The van der Waals surface area contributed by atoms with Gasteiger partial charge in [0.25, 0.3) is 5.91 Å². The van der Waals surface area contributed by atoms with Crippen molar-refractivity contribution in [1.29, 1.82) is 0 Å². The summed E-state index contributed by atoms with van der Waals surface area (Å²) in [5.74, 6) is -0.227. The number of amides is 1. The number of para-hydroxylation sites is 1. The molecule has 1 atom stereocenters. The van der Waals surface area contributed by atoms with Crippen LogP contribution in [0.2, 0.25) is 0 Å². The quantitative estimate of drug-likeness (QED) is 0.289. The molecule has 0 spiro atoms. The summed E-state index contributed by atoms with van der Waals surface area (Å²) in [5.41, 5.74) is 2.16. The van der Waals surface area contributed by atoms with E-state index < -0.39 is 10.0 Å². The van der Waals surface area contributed by atoms with E-state index in [1.165, 1.54) is 27.8 Å². The second-order valence-corrected chi connectivity index (χ2v) is 11.9. The molecular weight excluding hydrogens is 506 g/mol. The van der Waals surface area contributed by atoms with Crippen LogP contribution in [0.15, 0.2) is 83.8 Å². The van der Waals surface area contributed by atoms with Gasteiger partial charge in [-0.25, -0.2) is 13.4 Å². The monoisotopic (exact) mass is 535 g/mol. The maximum Gasteiger partial charge on any atom is 0.260 e. The van der Waals surface area contributed by atoms with Gasteiger partial charge in [0.15, 0.2) is 5.13 Å². The van der Waals surface area contributed by atoms with Crippen LogP contribution < -0.4 is 4.90 Å². The summed E-state index contributed by atoms with van der Waals surface area (Å²) in [6.07, 6.45) is 1.81. The molecule has 2 heterocycles. The fourth-order valence-corrected chi connectivity index (χ4v) is 6.85. The molecule has 37 heavy (non-hydrogen) atoms.